The van der Waals surface area contributed by atoms with Gasteiger partial charge in [0.25, 0.3) is 5.69 Å². The molecule has 1 unspecified atom stereocenters. The summed E-state index contributed by atoms with van der Waals surface area (Å²) in [7, 11) is 1.87. The number of hydrogen-bond donors (Lipinski definition) is 1. The van der Waals surface area contributed by atoms with Crippen molar-refractivity contribution < 1.29 is 4.92 Å². The van der Waals surface area contributed by atoms with Gasteiger partial charge in [-0.1, -0.05) is 24.9 Å². The Morgan fingerprint density at radius 2 is 2.24 bits per heavy atom. The number of nitrogens with zero attached hydrogens (tertiary/aromatic N) is 1. The van der Waals surface area contributed by atoms with Crippen LogP contribution in [0.4, 0.5) is 5.69 Å². The number of hydrogen-bond acceptors (Lipinski definition) is 3. The molecule has 0 aliphatic heterocycles. The number of halogens is 1. The fourth-order valence-corrected chi connectivity index (χ4v) is 2.05. The monoisotopic (exact) mass is 256 g/mol. The average molecular weight is 257 g/mol. The summed E-state index contributed by atoms with van der Waals surface area (Å²) in [6.45, 7) is 2.09. The van der Waals surface area contributed by atoms with Crippen molar-refractivity contribution >= 4 is 17.3 Å². The van der Waals surface area contributed by atoms with Crippen LogP contribution in [0.3, 0.4) is 0 Å². The van der Waals surface area contributed by atoms with E-state index in [2.05, 4.69) is 12.2 Å². The standard InChI is InChI=1S/C12H17ClN2O2/c1-3-4-11(14-2)8-9-7-10(13)5-6-12(9)15(16)17/h5-7,11,14H,3-4,8H2,1-2H3. The van der Waals surface area contributed by atoms with E-state index in [0.29, 0.717) is 17.0 Å². The van der Waals surface area contributed by atoms with Gasteiger partial charge in [-0.05, 0) is 32.0 Å². The maximum Gasteiger partial charge on any atom is 0.272 e. The molecule has 0 aromatic heterocycles. The molecule has 0 fully saturated rings. The Balaban J connectivity index is 2.94. The summed E-state index contributed by atoms with van der Waals surface area (Å²) in [6.07, 6.45) is 2.65. The van der Waals surface area contributed by atoms with Crippen LogP contribution in [-0.2, 0) is 6.42 Å². The van der Waals surface area contributed by atoms with Crippen LogP contribution in [0.25, 0.3) is 0 Å². The summed E-state index contributed by atoms with van der Waals surface area (Å²) in [5.41, 5.74) is 0.834. The Morgan fingerprint density at radius 1 is 1.53 bits per heavy atom. The molecule has 0 aliphatic rings. The van der Waals surface area contributed by atoms with Crippen molar-refractivity contribution in [2.24, 2.45) is 0 Å². The number of benzene rings is 1. The van der Waals surface area contributed by atoms with Gasteiger partial charge >= 0.3 is 0 Å². The molecular weight excluding hydrogens is 240 g/mol. The first kappa shape index (κ1) is 13.9. The van der Waals surface area contributed by atoms with E-state index in [0.717, 1.165) is 12.8 Å². The summed E-state index contributed by atoms with van der Waals surface area (Å²) in [6, 6.07) is 4.95. The third kappa shape index (κ3) is 3.98. The maximum atomic E-state index is 10.9. The molecule has 94 valence electrons. The minimum Gasteiger partial charge on any atom is -0.317 e. The normalized spacial score (nSPS) is 12.4. The predicted octanol–water partition coefficient (Wildman–Crippen LogP) is 3.18. The van der Waals surface area contributed by atoms with Crippen molar-refractivity contribution in [3.8, 4) is 0 Å². The number of likely N-dealkylation sites (N-methyl/N-ethyl adjacent to an activating group) is 1. The molecule has 0 aliphatic carbocycles. The molecule has 17 heavy (non-hydrogen) atoms. The first-order valence-corrected chi connectivity index (χ1v) is 6.06. The van der Waals surface area contributed by atoms with Crippen LogP contribution < -0.4 is 5.32 Å². The van der Waals surface area contributed by atoms with Crippen molar-refractivity contribution in [3.05, 3.63) is 38.9 Å². The molecule has 1 aromatic rings. The van der Waals surface area contributed by atoms with E-state index in [9.17, 15) is 10.1 Å². The van der Waals surface area contributed by atoms with Gasteiger partial charge in [-0.3, -0.25) is 10.1 Å². The summed E-state index contributed by atoms with van der Waals surface area (Å²) in [5.74, 6) is 0. The zero-order chi connectivity index (χ0) is 12.8. The molecule has 1 N–H and O–H groups in total. The van der Waals surface area contributed by atoms with E-state index < -0.39 is 0 Å². The van der Waals surface area contributed by atoms with Gasteiger partial charge in [0, 0.05) is 22.7 Å². The third-order valence-corrected chi connectivity index (χ3v) is 2.99. The van der Waals surface area contributed by atoms with Crippen LogP contribution in [0.5, 0.6) is 0 Å². The third-order valence-electron chi connectivity index (χ3n) is 2.75. The molecule has 0 bridgehead atoms. The highest BCUT2D eigenvalue weighted by Crippen LogP contribution is 2.24. The molecule has 0 radical (unpaired) electrons. The van der Waals surface area contributed by atoms with Crippen LogP contribution in [0.15, 0.2) is 18.2 Å². The lowest BCUT2D eigenvalue weighted by Gasteiger charge is -2.15. The van der Waals surface area contributed by atoms with Crippen molar-refractivity contribution in [2.45, 2.75) is 32.2 Å². The van der Waals surface area contributed by atoms with Gasteiger partial charge < -0.3 is 5.32 Å². The molecule has 0 saturated carbocycles. The van der Waals surface area contributed by atoms with Gasteiger partial charge in [-0.15, -0.1) is 0 Å². The number of nitro benzene ring substituents is 1. The van der Waals surface area contributed by atoms with Crippen LogP contribution in [0, 0.1) is 10.1 Å². The van der Waals surface area contributed by atoms with E-state index in [4.69, 9.17) is 11.6 Å². The minimum atomic E-state index is -0.357. The number of nitrogens with one attached hydrogen (secondary N) is 1. The molecule has 0 saturated heterocycles. The Kier molecular flexibility index (Phi) is 5.38. The molecular formula is C12H17ClN2O2. The maximum absolute atomic E-state index is 10.9. The predicted molar refractivity (Wildman–Crippen MR) is 69.6 cm³/mol. The SMILES string of the molecule is CCCC(Cc1cc(Cl)ccc1[N+](=O)[O-])NC. The largest absolute Gasteiger partial charge is 0.317 e. The topological polar surface area (TPSA) is 55.2 Å². The lowest BCUT2D eigenvalue weighted by Crippen LogP contribution is -2.27. The fourth-order valence-electron chi connectivity index (χ4n) is 1.86. The second-order valence-corrected chi connectivity index (χ2v) is 4.44. The second kappa shape index (κ2) is 6.57. The van der Waals surface area contributed by atoms with E-state index in [1.807, 2.05) is 7.05 Å². The molecule has 0 spiro atoms. The highest BCUT2D eigenvalue weighted by atomic mass is 35.5. The number of nitro groups is 1. The lowest BCUT2D eigenvalue weighted by atomic mass is 10.0. The first-order chi connectivity index (χ1) is 8.08. The summed E-state index contributed by atoms with van der Waals surface area (Å²) in [5, 5.41) is 14.6. The van der Waals surface area contributed by atoms with Gasteiger partial charge in [0.15, 0.2) is 0 Å². The van der Waals surface area contributed by atoms with Crippen LogP contribution >= 0.6 is 11.6 Å². The van der Waals surface area contributed by atoms with E-state index in [-0.39, 0.29) is 16.7 Å². The molecule has 1 atom stereocenters. The van der Waals surface area contributed by atoms with E-state index >= 15 is 0 Å². The van der Waals surface area contributed by atoms with Crippen molar-refractivity contribution in [1.29, 1.82) is 0 Å². The molecule has 5 heteroatoms. The van der Waals surface area contributed by atoms with Gasteiger partial charge in [0.05, 0.1) is 4.92 Å². The summed E-state index contributed by atoms with van der Waals surface area (Å²) >= 11 is 5.88. The Morgan fingerprint density at radius 3 is 2.76 bits per heavy atom. The Labute approximate surface area is 106 Å². The molecule has 0 heterocycles. The molecule has 1 aromatic carbocycles. The highest BCUT2D eigenvalue weighted by molar-refractivity contribution is 6.30. The first-order valence-electron chi connectivity index (χ1n) is 5.68. The van der Waals surface area contributed by atoms with E-state index in [1.165, 1.54) is 6.07 Å². The Bertz CT molecular complexity index is 396. The second-order valence-electron chi connectivity index (χ2n) is 4.01. The molecule has 0 amide bonds. The zero-order valence-electron chi connectivity index (χ0n) is 10.1. The van der Waals surface area contributed by atoms with Crippen LogP contribution in [-0.4, -0.2) is 18.0 Å². The Hall–Kier alpha value is -1.13. The zero-order valence-corrected chi connectivity index (χ0v) is 10.8. The van der Waals surface area contributed by atoms with Crippen LogP contribution in [0.2, 0.25) is 5.02 Å². The average Bonchev–Trinajstić information content (AvgIpc) is 2.28. The fraction of sp³-hybridized carbons (Fsp3) is 0.500. The molecule has 4 nitrogen and oxygen atoms in total. The summed E-state index contributed by atoms with van der Waals surface area (Å²) < 4.78 is 0. The highest BCUT2D eigenvalue weighted by Gasteiger charge is 2.17. The van der Waals surface area contributed by atoms with Crippen molar-refractivity contribution in [1.82, 2.24) is 5.32 Å². The molecule has 1 rings (SSSR count). The number of rotatable bonds is 6. The van der Waals surface area contributed by atoms with Gasteiger partial charge in [-0.2, -0.15) is 0 Å². The van der Waals surface area contributed by atoms with Crippen molar-refractivity contribution in [2.75, 3.05) is 7.05 Å². The lowest BCUT2D eigenvalue weighted by molar-refractivity contribution is -0.385. The quantitative estimate of drug-likeness (QED) is 0.628. The van der Waals surface area contributed by atoms with E-state index in [1.54, 1.807) is 12.1 Å². The van der Waals surface area contributed by atoms with Crippen molar-refractivity contribution in [3.63, 3.8) is 0 Å². The smallest absolute Gasteiger partial charge is 0.272 e. The van der Waals surface area contributed by atoms with Gasteiger partial charge in [0.2, 0.25) is 0 Å². The minimum absolute atomic E-state index is 0.144. The summed E-state index contributed by atoms with van der Waals surface area (Å²) in [4.78, 5) is 10.5. The van der Waals surface area contributed by atoms with Crippen LogP contribution in [0.1, 0.15) is 25.3 Å². The van der Waals surface area contributed by atoms with Gasteiger partial charge in [-0.25, -0.2) is 0 Å². The van der Waals surface area contributed by atoms with Gasteiger partial charge in [0.1, 0.15) is 0 Å².